The number of aliphatic hydroxyl groups is 3. The van der Waals surface area contributed by atoms with Gasteiger partial charge in [-0.25, -0.2) is 14.4 Å². The zero-order valence-electron chi connectivity index (χ0n) is 22.9. The monoisotopic (exact) mass is 548 g/mol. The highest BCUT2D eigenvalue weighted by atomic mass is 16.6. The number of carbonyl (C=O) groups excluding carboxylic acids is 4. The summed E-state index contributed by atoms with van der Waals surface area (Å²) in [4.78, 5) is 52.8. The topological polar surface area (TPSA) is 166 Å². The lowest BCUT2D eigenvalue weighted by molar-refractivity contribution is -0.290. The Morgan fingerprint density at radius 2 is 1.85 bits per heavy atom. The Morgan fingerprint density at radius 3 is 2.46 bits per heavy atom. The van der Waals surface area contributed by atoms with Crippen LogP contribution in [0.15, 0.2) is 23.0 Å². The maximum absolute atomic E-state index is 13.5. The van der Waals surface area contributed by atoms with E-state index < -0.39 is 82.3 Å². The molecule has 11 heteroatoms. The van der Waals surface area contributed by atoms with Crippen LogP contribution in [-0.4, -0.2) is 82.7 Å². The zero-order chi connectivity index (χ0) is 28.8. The third-order valence-corrected chi connectivity index (χ3v) is 10.3. The quantitative estimate of drug-likeness (QED) is 0.262. The number of ketones is 1. The summed E-state index contributed by atoms with van der Waals surface area (Å²) in [6, 6.07) is 0. The molecule has 214 valence electrons. The molecule has 0 aromatic carbocycles. The summed E-state index contributed by atoms with van der Waals surface area (Å²) in [5.74, 6) is -6.26. The molecule has 0 radical (unpaired) electrons. The van der Waals surface area contributed by atoms with Gasteiger partial charge in [0.1, 0.15) is 12.2 Å². The van der Waals surface area contributed by atoms with Crippen molar-refractivity contribution >= 4 is 23.7 Å². The van der Waals surface area contributed by atoms with Crippen molar-refractivity contribution < 1.29 is 53.4 Å². The zero-order valence-corrected chi connectivity index (χ0v) is 22.9. The number of Topliss-reactive ketones (excluding diaryl/α,β-unsaturated/α-hetero) is 1. The number of hydrogen-bond acceptors (Lipinski definition) is 11. The van der Waals surface area contributed by atoms with Gasteiger partial charge >= 0.3 is 17.9 Å². The van der Waals surface area contributed by atoms with Crippen LogP contribution in [0.4, 0.5) is 0 Å². The largest absolute Gasteiger partial charge is 0.504 e. The van der Waals surface area contributed by atoms with Crippen LogP contribution in [-0.2, 0) is 38.1 Å². The summed E-state index contributed by atoms with van der Waals surface area (Å²) in [5, 5.41) is 33.7. The fraction of sp³-hybridized carbons (Fsp3) is 0.714. The van der Waals surface area contributed by atoms with Gasteiger partial charge in [0.25, 0.3) is 0 Å². The molecule has 10 atom stereocenters. The van der Waals surface area contributed by atoms with Gasteiger partial charge in [0.15, 0.2) is 11.5 Å². The summed E-state index contributed by atoms with van der Waals surface area (Å²) in [7, 11) is 1.10. The Labute approximate surface area is 226 Å². The van der Waals surface area contributed by atoms with Crippen molar-refractivity contribution in [1.29, 1.82) is 0 Å². The van der Waals surface area contributed by atoms with Crippen molar-refractivity contribution in [3.63, 3.8) is 0 Å². The maximum atomic E-state index is 13.5. The van der Waals surface area contributed by atoms with E-state index in [2.05, 4.69) is 0 Å². The average Bonchev–Trinajstić information content (AvgIpc) is 3.18. The van der Waals surface area contributed by atoms with Crippen molar-refractivity contribution in [3.8, 4) is 0 Å². The minimum atomic E-state index is -2.22. The Hall–Kier alpha value is -2.76. The van der Waals surface area contributed by atoms with Crippen molar-refractivity contribution in [2.75, 3.05) is 13.7 Å². The maximum Gasteiger partial charge on any atom is 0.348 e. The van der Waals surface area contributed by atoms with Crippen molar-refractivity contribution in [2.45, 2.75) is 77.5 Å². The summed E-state index contributed by atoms with van der Waals surface area (Å²) in [6.07, 6.45) is -4.75. The minimum absolute atomic E-state index is 0.0302. The van der Waals surface area contributed by atoms with Gasteiger partial charge in [-0.3, -0.25) is 4.79 Å². The molecule has 1 spiro atoms. The van der Waals surface area contributed by atoms with E-state index in [0.717, 1.165) is 7.11 Å². The number of carbonyl (C=O) groups is 4. The predicted octanol–water partition coefficient (Wildman–Crippen LogP) is 1.15. The minimum Gasteiger partial charge on any atom is -0.504 e. The van der Waals surface area contributed by atoms with Gasteiger partial charge in [-0.05, 0) is 43.1 Å². The summed E-state index contributed by atoms with van der Waals surface area (Å²) < 4.78 is 22.7. The van der Waals surface area contributed by atoms with E-state index in [1.807, 2.05) is 13.8 Å². The highest BCUT2D eigenvalue weighted by Gasteiger charge is 2.85. The first kappa shape index (κ1) is 27.8. The van der Waals surface area contributed by atoms with Crippen molar-refractivity contribution in [3.05, 3.63) is 23.0 Å². The van der Waals surface area contributed by atoms with E-state index in [1.165, 1.54) is 6.08 Å². The third-order valence-electron chi connectivity index (χ3n) is 10.3. The van der Waals surface area contributed by atoms with E-state index >= 15 is 0 Å². The fourth-order valence-corrected chi connectivity index (χ4v) is 8.37. The molecule has 3 aliphatic carbocycles. The first-order chi connectivity index (χ1) is 18.2. The van der Waals surface area contributed by atoms with Crippen molar-refractivity contribution in [2.24, 2.45) is 34.5 Å². The second kappa shape index (κ2) is 8.87. The molecule has 2 heterocycles. The van der Waals surface area contributed by atoms with Gasteiger partial charge < -0.3 is 34.3 Å². The van der Waals surface area contributed by atoms with Gasteiger partial charge in [-0.15, -0.1) is 0 Å². The van der Waals surface area contributed by atoms with Gasteiger partial charge in [0.2, 0.25) is 11.7 Å². The molecule has 3 N–H and O–H groups in total. The number of allylic oxidation sites excluding steroid dienone is 3. The van der Waals surface area contributed by atoms with Crippen LogP contribution in [0.25, 0.3) is 0 Å². The van der Waals surface area contributed by atoms with E-state index in [1.54, 1.807) is 20.8 Å². The second-order valence-electron chi connectivity index (χ2n) is 12.3. The van der Waals surface area contributed by atoms with Gasteiger partial charge in [0, 0.05) is 23.8 Å². The molecule has 2 saturated heterocycles. The Morgan fingerprint density at radius 1 is 1.18 bits per heavy atom. The highest BCUT2D eigenvalue weighted by molar-refractivity contribution is 5.95. The number of hydrogen-bond donors (Lipinski definition) is 3. The molecule has 4 fully saturated rings. The summed E-state index contributed by atoms with van der Waals surface area (Å²) in [6.45, 7) is 8.72. The number of aliphatic hydroxyl groups excluding tert-OH is 3. The first-order valence-electron chi connectivity index (χ1n) is 13.3. The number of methoxy groups -OCH3 is 1. The van der Waals surface area contributed by atoms with E-state index in [9.17, 15) is 34.5 Å². The smallest absolute Gasteiger partial charge is 0.348 e. The number of rotatable bonds is 4. The molecule has 0 aromatic heterocycles. The number of esters is 3. The van der Waals surface area contributed by atoms with Gasteiger partial charge in [-0.1, -0.05) is 26.3 Å². The number of ether oxygens (including phenoxy) is 4. The normalized spacial score (nSPS) is 44.9. The Kier molecular flexibility index (Phi) is 6.32. The molecule has 0 unspecified atom stereocenters. The molecule has 2 bridgehead atoms. The summed E-state index contributed by atoms with van der Waals surface area (Å²) in [5.41, 5.74) is -3.43. The van der Waals surface area contributed by atoms with Crippen LogP contribution in [0.1, 0.15) is 47.5 Å². The van der Waals surface area contributed by atoms with Crippen LogP contribution in [0, 0.1) is 34.5 Å². The molecule has 2 saturated carbocycles. The molecule has 0 aromatic rings. The second-order valence-corrected chi connectivity index (χ2v) is 12.3. The van der Waals surface area contributed by atoms with Gasteiger partial charge in [0.05, 0.1) is 25.7 Å². The number of fused-ring (bicyclic) bond motifs is 2. The molecule has 0 amide bonds. The lowest BCUT2D eigenvalue weighted by atomic mass is 9.38. The molecule has 39 heavy (non-hydrogen) atoms. The Bertz CT molecular complexity index is 1200. The SMILES string of the molecule is COC(=O)[C@@]12OC[C@]34[C@H]([C@@H](O)[C@@H]1O)[C@@]1(C)CC(=O)C(O)=C(C)[C@@H]1C[C@H]3OC(=O)[C@H](OC(=O)/C=C(\C)C(C)C)[C@H]24. The van der Waals surface area contributed by atoms with Crippen LogP contribution < -0.4 is 0 Å². The lowest BCUT2D eigenvalue weighted by Crippen LogP contribution is -2.79. The molecule has 11 nitrogen and oxygen atoms in total. The predicted molar refractivity (Wildman–Crippen MR) is 132 cm³/mol. The first-order valence-corrected chi connectivity index (χ1v) is 13.3. The van der Waals surface area contributed by atoms with E-state index in [0.29, 0.717) is 11.1 Å². The van der Waals surface area contributed by atoms with Crippen LogP contribution in [0.2, 0.25) is 0 Å². The van der Waals surface area contributed by atoms with Crippen LogP contribution >= 0.6 is 0 Å². The van der Waals surface area contributed by atoms with E-state index in [-0.39, 0.29) is 31.1 Å². The lowest BCUT2D eigenvalue weighted by Gasteiger charge is -2.67. The average molecular weight is 549 g/mol. The molecule has 5 rings (SSSR count). The molecular weight excluding hydrogens is 512 g/mol. The van der Waals surface area contributed by atoms with Gasteiger partial charge in [-0.2, -0.15) is 0 Å². The summed E-state index contributed by atoms with van der Waals surface area (Å²) >= 11 is 0. The fourth-order valence-electron chi connectivity index (χ4n) is 8.37. The van der Waals surface area contributed by atoms with Crippen molar-refractivity contribution in [1.82, 2.24) is 0 Å². The molecule has 2 aliphatic heterocycles. The molecular formula is C28H36O11. The highest BCUT2D eigenvalue weighted by Crippen LogP contribution is 2.72. The van der Waals surface area contributed by atoms with Crippen LogP contribution in [0.3, 0.4) is 0 Å². The third kappa shape index (κ3) is 3.39. The molecule has 5 aliphatic rings. The van der Waals surface area contributed by atoms with E-state index in [4.69, 9.17) is 18.9 Å². The Balaban J connectivity index is 1.71. The van der Waals surface area contributed by atoms with Crippen LogP contribution in [0.5, 0.6) is 0 Å². The standard InChI is InChI=1S/C28H36O11/c1-11(2)12(3)7-17(30)39-20-22-27-10-37-28(22,25(35)36-6)23(33)19(32)21(27)26(5)9-15(29)18(31)13(4)14(26)8-16(27)38-24(20)34/h7,11,14,16,19-23,31-33H,8-10H2,1-6H3/b12-7+/t14-,16+,19+,20+,21+,22-,23-,26-,27+,28-/m0/s1.